The van der Waals surface area contributed by atoms with Crippen LogP contribution in [0.3, 0.4) is 0 Å². The first-order valence-corrected chi connectivity index (χ1v) is 12.9. The highest BCUT2D eigenvalue weighted by Gasteiger charge is 2.46. The highest BCUT2D eigenvalue weighted by atomic mass is 19.3. The first-order valence-electron chi connectivity index (χ1n) is 12.9. The Kier molecular flexibility index (Phi) is 7.00. The summed E-state index contributed by atoms with van der Waals surface area (Å²) in [5.74, 6) is -3.38. The Bertz CT molecular complexity index is 1060. The molecule has 1 saturated carbocycles. The number of pyridine rings is 2. The van der Waals surface area contributed by atoms with Gasteiger partial charge < -0.3 is 10.4 Å². The topological polar surface area (TPSA) is 78.3 Å². The number of halogens is 2. The van der Waals surface area contributed by atoms with Crippen molar-refractivity contribution in [2.75, 3.05) is 25.0 Å². The number of nitrogens with one attached hydrogen (secondary N) is 1. The number of rotatable bonds is 10. The first-order chi connectivity index (χ1) is 16.9. The smallest absolute Gasteiger partial charge is 0.325 e. The van der Waals surface area contributed by atoms with E-state index in [1.165, 1.54) is 5.56 Å². The van der Waals surface area contributed by atoms with Gasteiger partial charge in [0.05, 0.1) is 0 Å². The Labute approximate surface area is 205 Å². The SMILES string of the molecule is O=C(O)[C@H](c1cccnc1C1CC1)N1CC[C@@H](C(F)(F)CCCCc2ccc3c(n2)NCCC3)C1. The monoisotopic (exact) mass is 484 g/mol. The van der Waals surface area contributed by atoms with Gasteiger partial charge in [0.25, 0.3) is 5.92 Å². The quantitative estimate of drug-likeness (QED) is 0.451. The molecule has 1 saturated heterocycles. The largest absolute Gasteiger partial charge is 0.480 e. The molecule has 1 aliphatic carbocycles. The van der Waals surface area contributed by atoms with Crippen molar-refractivity contribution in [2.45, 2.75) is 75.7 Å². The van der Waals surface area contributed by atoms with Gasteiger partial charge in [-0.1, -0.05) is 12.1 Å². The molecule has 8 heteroatoms. The molecule has 0 aromatic carbocycles. The zero-order valence-electron chi connectivity index (χ0n) is 20.1. The number of nitrogens with zero attached hydrogens (tertiary/aromatic N) is 3. The zero-order valence-corrected chi connectivity index (χ0v) is 20.1. The van der Waals surface area contributed by atoms with Gasteiger partial charge in [-0.2, -0.15) is 0 Å². The number of hydrogen-bond acceptors (Lipinski definition) is 5. The molecule has 6 nitrogen and oxygen atoms in total. The van der Waals surface area contributed by atoms with Crippen LogP contribution >= 0.6 is 0 Å². The summed E-state index contributed by atoms with van der Waals surface area (Å²) in [6.07, 6.45) is 7.76. The Hall–Kier alpha value is -2.61. The number of anilines is 1. The highest BCUT2D eigenvalue weighted by Crippen LogP contribution is 2.44. The molecule has 188 valence electrons. The molecule has 2 aromatic rings. The summed E-state index contributed by atoms with van der Waals surface area (Å²) in [5.41, 5.74) is 3.66. The van der Waals surface area contributed by atoms with Crippen molar-refractivity contribution < 1.29 is 18.7 Å². The molecule has 0 unspecified atom stereocenters. The van der Waals surface area contributed by atoms with Gasteiger partial charge in [0.2, 0.25) is 0 Å². The average Bonchev–Trinajstić information content (AvgIpc) is 3.58. The van der Waals surface area contributed by atoms with E-state index < -0.39 is 23.9 Å². The molecule has 0 spiro atoms. The van der Waals surface area contributed by atoms with Crippen molar-refractivity contribution >= 4 is 11.8 Å². The van der Waals surface area contributed by atoms with E-state index in [9.17, 15) is 9.90 Å². The molecule has 3 aliphatic rings. The van der Waals surface area contributed by atoms with Crippen LogP contribution in [0.5, 0.6) is 0 Å². The highest BCUT2D eigenvalue weighted by molar-refractivity contribution is 5.76. The summed E-state index contributed by atoms with van der Waals surface area (Å²) in [7, 11) is 0. The molecule has 0 radical (unpaired) electrons. The van der Waals surface area contributed by atoms with Gasteiger partial charge >= 0.3 is 5.97 Å². The maximum atomic E-state index is 15.1. The molecular weight excluding hydrogens is 450 g/mol. The molecular formula is C27H34F2N4O2. The number of carboxylic acids is 1. The number of alkyl halides is 2. The average molecular weight is 485 g/mol. The van der Waals surface area contributed by atoms with Crippen molar-refractivity contribution in [3.05, 3.63) is 53.0 Å². The Morgan fingerprint density at radius 2 is 2.09 bits per heavy atom. The Balaban J connectivity index is 1.16. The second kappa shape index (κ2) is 10.2. The van der Waals surface area contributed by atoms with E-state index in [1.807, 2.05) is 6.07 Å². The number of aromatic nitrogens is 2. The van der Waals surface area contributed by atoms with Crippen LogP contribution in [0.1, 0.15) is 79.4 Å². The fourth-order valence-electron chi connectivity index (χ4n) is 5.59. The van der Waals surface area contributed by atoms with Crippen LogP contribution in [0.2, 0.25) is 0 Å². The second-order valence-corrected chi connectivity index (χ2v) is 10.3. The lowest BCUT2D eigenvalue weighted by molar-refractivity contribution is -0.143. The molecule has 0 bridgehead atoms. The summed E-state index contributed by atoms with van der Waals surface area (Å²) >= 11 is 0. The lowest BCUT2D eigenvalue weighted by Crippen LogP contribution is -2.36. The molecule has 2 aromatic heterocycles. The minimum absolute atomic E-state index is 0.0982. The number of aliphatic carboxylic acids is 1. The lowest BCUT2D eigenvalue weighted by atomic mass is 9.95. The number of likely N-dealkylation sites (tertiary alicyclic amines) is 1. The normalized spacial score (nSPS) is 21.4. The molecule has 5 rings (SSSR count). The number of hydrogen-bond donors (Lipinski definition) is 2. The van der Waals surface area contributed by atoms with Crippen molar-refractivity contribution in [2.24, 2.45) is 5.92 Å². The maximum Gasteiger partial charge on any atom is 0.325 e. The van der Waals surface area contributed by atoms with E-state index in [1.54, 1.807) is 23.2 Å². The summed E-state index contributed by atoms with van der Waals surface area (Å²) < 4.78 is 30.3. The Morgan fingerprint density at radius 1 is 1.23 bits per heavy atom. The summed E-state index contributed by atoms with van der Waals surface area (Å²) in [5, 5.41) is 13.3. The fraction of sp³-hybridized carbons (Fsp3) is 0.593. The maximum absolute atomic E-state index is 15.1. The van der Waals surface area contributed by atoms with Gasteiger partial charge in [-0.15, -0.1) is 0 Å². The van der Waals surface area contributed by atoms with E-state index in [2.05, 4.69) is 21.4 Å². The van der Waals surface area contributed by atoms with Crippen LogP contribution in [0.4, 0.5) is 14.6 Å². The van der Waals surface area contributed by atoms with Gasteiger partial charge in [0, 0.05) is 54.5 Å². The van der Waals surface area contributed by atoms with E-state index in [0.717, 1.165) is 49.4 Å². The third-order valence-electron chi connectivity index (χ3n) is 7.69. The molecule has 2 N–H and O–H groups in total. The van der Waals surface area contributed by atoms with Gasteiger partial charge in [0.15, 0.2) is 0 Å². The number of aryl methyl sites for hydroxylation is 2. The molecule has 2 aliphatic heterocycles. The first kappa shape index (κ1) is 24.1. The summed E-state index contributed by atoms with van der Waals surface area (Å²) in [6.45, 7) is 1.39. The summed E-state index contributed by atoms with van der Waals surface area (Å²) in [6, 6.07) is 6.74. The number of carbonyl (C=O) groups is 1. The molecule has 4 heterocycles. The van der Waals surface area contributed by atoms with Crippen LogP contribution in [0.25, 0.3) is 0 Å². The van der Waals surface area contributed by atoms with Crippen molar-refractivity contribution in [3.8, 4) is 0 Å². The van der Waals surface area contributed by atoms with E-state index >= 15 is 8.78 Å². The second-order valence-electron chi connectivity index (χ2n) is 10.3. The minimum atomic E-state index is -2.81. The standard InChI is InChI=1S/C27H34F2N4O2/c28-27(29,13-2-1-6-21-11-10-19-5-3-15-31-25(19)32-21)20-12-16-33(17-20)24(26(34)35)22-7-4-14-30-23(22)18-8-9-18/h4,7,10-11,14,18,20,24H,1-3,5-6,8-9,12-13,15-17H2,(H,31,32)(H,34,35)/t20-,24+/m1/s1. The number of unbranched alkanes of at least 4 members (excludes halogenated alkanes) is 1. The van der Waals surface area contributed by atoms with E-state index in [4.69, 9.17) is 0 Å². The van der Waals surface area contributed by atoms with Crippen LogP contribution in [-0.4, -0.2) is 51.5 Å². The van der Waals surface area contributed by atoms with Gasteiger partial charge in [-0.3, -0.25) is 14.7 Å². The fourth-order valence-corrected chi connectivity index (χ4v) is 5.59. The van der Waals surface area contributed by atoms with Crippen molar-refractivity contribution in [1.29, 1.82) is 0 Å². The van der Waals surface area contributed by atoms with Gasteiger partial charge in [0.1, 0.15) is 11.9 Å². The van der Waals surface area contributed by atoms with Crippen molar-refractivity contribution in [1.82, 2.24) is 14.9 Å². The molecule has 35 heavy (non-hydrogen) atoms. The third-order valence-corrected chi connectivity index (χ3v) is 7.69. The van der Waals surface area contributed by atoms with E-state index in [-0.39, 0.29) is 13.0 Å². The summed E-state index contributed by atoms with van der Waals surface area (Å²) in [4.78, 5) is 23.0. The minimum Gasteiger partial charge on any atom is -0.480 e. The van der Waals surface area contributed by atoms with Crippen LogP contribution in [0, 0.1) is 5.92 Å². The van der Waals surface area contributed by atoms with Crippen LogP contribution < -0.4 is 5.32 Å². The van der Waals surface area contributed by atoms with Gasteiger partial charge in [-0.05, 0) is 75.6 Å². The van der Waals surface area contributed by atoms with Crippen molar-refractivity contribution in [3.63, 3.8) is 0 Å². The predicted molar refractivity (Wildman–Crippen MR) is 130 cm³/mol. The lowest BCUT2D eigenvalue weighted by Gasteiger charge is -2.28. The van der Waals surface area contributed by atoms with Crippen LogP contribution in [0.15, 0.2) is 30.5 Å². The van der Waals surface area contributed by atoms with Gasteiger partial charge in [-0.25, -0.2) is 13.8 Å². The molecule has 2 fully saturated rings. The third kappa shape index (κ3) is 5.47. The van der Waals surface area contributed by atoms with Crippen LogP contribution in [-0.2, 0) is 17.6 Å². The molecule has 0 amide bonds. The predicted octanol–water partition coefficient (Wildman–Crippen LogP) is 5.21. The number of carboxylic acid groups (broad SMARTS) is 1. The Morgan fingerprint density at radius 3 is 2.89 bits per heavy atom. The number of fused-ring (bicyclic) bond motifs is 1. The zero-order chi connectivity index (χ0) is 24.4. The molecule has 2 atom stereocenters. The van der Waals surface area contributed by atoms with E-state index in [0.29, 0.717) is 43.7 Å².